The van der Waals surface area contributed by atoms with E-state index in [1.165, 1.54) is 0 Å². The molecule has 146 valence electrons. The summed E-state index contributed by atoms with van der Waals surface area (Å²) in [6, 6.07) is 12.9. The van der Waals surface area contributed by atoms with Crippen LogP contribution in [0.5, 0.6) is 17.2 Å². The lowest BCUT2D eigenvalue weighted by molar-refractivity contribution is -0.115. The van der Waals surface area contributed by atoms with Gasteiger partial charge in [0.15, 0.2) is 0 Å². The maximum atomic E-state index is 12.6. The Kier molecular flexibility index (Phi) is 5.84. The number of carbonyl (C=O) groups is 1. The van der Waals surface area contributed by atoms with Gasteiger partial charge in [0, 0.05) is 11.6 Å². The van der Waals surface area contributed by atoms with E-state index in [1.807, 2.05) is 43.3 Å². The van der Waals surface area contributed by atoms with Crippen molar-refractivity contribution in [3.8, 4) is 28.5 Å². The van der Waals surface area contributed by atoms with Gasteiger partial charge in [0.2, 0.25) is 5.91 Å². The quantitative estimate of drug-likeness (QED) is 0.653. The molecule has 3 aromatic rings. The first kappa shape index (κ1) is 19.3. The van der Waals surface area contributed by atoms with Crippen LogP contribution in [0.25, 0.3) is 11.3 Å². The van der Waals surface area contributed by atoms with Gasteiger partial charge in [0.25, 0.3) is 0 Å². The number of aromatic nitrogens is 2. The number of methoxy groups -OCH3 is 3. The molecule has 28 heavy (non-hydrogen) atoms. The second-order valence-electron chi connectivity index (χ2n) is 6.21. The summed E-state index contributed by atoms with van der Waals surface area (Å²) in [6.07, 6.45) is 0.223. The third kappa shape index (κ3) is 4.09. The molecular formula is C21H23N3O4. The summed E-state index contributed by atoms with van der Waals surface area (Å²) < 4.78 is 15.9. The van der Waals surface area contributed by atoms with Gasteiger partial charge in [-0.3, -0.25) is 9.89 Å². The molecule has 7 heteroatoms. The van der Waals surface area contributed by atoms with Gasteiger partial charge in [-0.15, -0.1) is 0 Å². The zero-order chi connectivity index (χ0) is 20.1. The van der Waals surface area contributed by atoms with Crippen molar-refractivity contribution in [3.63, 3.8) is 0 Å². The van der Waals surface area contributed by atoms with Crippen LogP contribution in [0.3, 0.4) is 0 Å². The Morgan fingerprint density at radius 2 is 1.79 bits per heavy atom. The lowest BCUT2D eigenvalue weighted by Crippen LogP contribution is -2.15. The fourth-order valence-corrected chi connectivity index (χ4v) is 2.92. The van der Waals surface area contributed by atoms with Crippen molar-refractivity contribution in [1.82, 2.24) is 10.2 Å². The van der Waals surface area contributed by atoms with Crippen LogP contribution in [-0.2, 0) is 11.2 Å². The van der Waals surface area contributed by atoms with Crippen molar-refractivity contribution >= 4 is 11.6 Å². The molecule has 2 N–H and O–H groups in total. The largest absolute Gasteiger partial charge is 0.497 e. The number of hydrogen-bond acceptors (Lipinski definition) is 5. The summed E-state index contributed by atoms with van der Waals surface area (Å²) in [4.78, 5) is 12.6. The summed E-state index contributed by atoms with van der Waals surface area (Å²) >= 11 is 0. The van der Waals surface area contributed by atoms with Crippen molar-refractivity contribution in [2.24, 2.45) is 0 Å². The Hall–Kier alpha value is -3.48. The Morgan fingerprint density at radius 1 is 1.04 bits per heavy atom. The maximum Gasteiger partial charge on any atom is 0.228 e. The van der Waals surface area contributed by atoms with Gasteiger partial charge in [-0.25, -0.2) is 0 Å². The molecule has 0 aliphatic carbocycles. The van der Waals surface area contributed by atoms with Gasteiger partial charge in [-0.2, -0.15) is 5.10 Å². The summed E-state index contributed by atoms with van der Waals surface area (Å²) in [5.74, 6) is 1.85. The highest BCUT2D eigenvalue weighted by atomic mass is 16.5. The predicted molar refractivity (Wildman–Crippen MR) is 107 cm³/mol. The van der Waals surface area contributed by atoms with E-state index in [-0.39, 0.29) is 12.3 Å². The first-order chi connectivity index (χ1) is 13.5. The zero-order valence-electron chi connectivity index (χ0n) is 16.3. The highest BCUT2D eigenvalue weighted by molar-refractivity contribution is 5.97. The molecule has 1 aromatic heterocycles. The van der Waals surface area contributed by atoms with Crippen molar-refractivity contribution in [2.45, 2.75) is 13.3 Å². The zero-order valence-corrected chi connectivity index (χ0v) is 16.3. The van der Waals surface area contributed by atoms with E-state index in [1.54, 1.807) is 27.4 Å². The molecule has 0 bridgehead atoms. The lowest BCUT2D eigenvalue weighted by atomic mass is 10.1. The molecular weight excluding hydrogens is 358 g/mol. The van der Waals surface area contributed by atoms with Gasteiger partial charge in [0.1, 0.15) is 22.9 Å². The maximum absolute atomic E-state index is 12.6. The first-order valence-electron chi connectivity index (χ1n) is 8.75. The van der Waals surface area contributed by atoms with E-state index in [2.05, 4.69) is 15.5 Å². The fraction of sp³-hybridized carbons (Fsp3) is 0.238. The Bertz CT molecular complexity index is 982. The van der Waals surface area contributed by atoms with Crippen LogP contribution >= 0.6 is 0 Å². The minimum Gasteiger partial charge on any atom is -0.497 e. The van der Waals surface area contributed by atoms with E-state index in [0.717, 1.165) is 16.8 Å². The summed E-state index contributed by atoms with van der Waals surface area (Å²) in [7, 11) is 4.78. The van der Waals surface area contributed by atoms with E-state index in [4.69, 9.17) is 14.2 Å². The number of anilines is 1. The molecule has 0 unspecified atom stereocenters. The number of carbonyl (C=O) groups excluding carboxylic acids is 1. The van der Waals surface area contributed by atoms with E-state index in [9.17, 15) is 4.79 Å². The number of aromatic amines is 1. The van der Waals surface area contributed by atoms with Gasteiger partial charge in [0.05, 0.1) is 39.1 Å². The van der Waals surface area contributed by atoms with Crippen molar-refractivity contribution in [3.05, 3.63) is 53.7 Å². The van der Waals surface area contributed by atoms with Crippen molar-refractivity contribution in [1.29, 1.82) is 0 Å². The number of rotatable bonds is 7. The second-order valence-corrected chi connectivity index (χ2v) is 6.21. The number of H-pyrrole nitrogens is 1. The minimum absolute atomic E-state index is 0.147. The lowest BCUT2D eigenvalue weighted by Gasteiger charge is -2.11. The molecule has 1 amide bonds. The molecule has 0 fully saturated rings. The normalized spacial score (nSPS) is 10.4. The number of aryl methyl sites for hydroxylation is 1. The standard InChI is InChI=1S/C21H23N3O4/c1-13-20(22-19(25)11-14-6-5-7-15(10-14)26-2)21(24-23-13)17-9-8-16(27-3)12-18(17)28-4/h5-10,12H,11H2,1-4H3,(H,22,25)(H,23,24). The second kappa shape index (κ2) is 8.47. The molecule has 0 saturated heterocycles. The van der Waals surface area contributed by atoms with E-state index in [0.29, 0.717) is 28.6 Å². The summed E-state index contributed by atoms with van der Waals surface area (Å²) in [5.41, 5.74) is 3.60. The minimum atomic E-state index is -0.147. The van der Waals surface area contributed by atoms with Crippen molar-refractivity contribution in [2.75, 3.05) is 26.6 Å². The molecule has 2 aromatic carbocycles. The number of nitrogens with zero attached hydrogens (tertiary/aromatic N) is 1. The van der Waals surface area contributed by atoms with Crippen LogP contribution < -0.4 is 19.5 Å². The van der Waals surface area contributed by atoms with Gasteiger partial charge in [-0.05, 0) is 36.8 Å². The number of nitrogens with one attached hydrogen (secondary N) is 2. The molecule has 3 rings (SSSR count). The summed E-state index contributed by atoms with van der Waals surface area (Å²) in [6.45, 7) is 1.85. The first-order valence-corrected chi connectivity index (χ1v) is 8.75. The number of benzene rings is 2. The van der Waals surface area contributed by atoms with Crippen LogP contribution in [0.1, 0.15) is 11.3 Å². The third-order valence-electron chi connectivity index (χ3n) is 4.37. The molecule has 0 radical (unpaired) electrons. The van der Waals surface area contributed by atoms with E-state index >= 15 is 0 Å². The Labute approximate surface area is 163 Å². The van der Waals surface area contributed by atoms with Gasteiger partial charge >= 0.3 is 0 Å². The molecule has 0 aliphatic rings. The monoisotopic (exact) mass is 381 g/mol. The number of ether oxygens (including phenoxy) is 3. The predicted octanol–water partition coefficient (Wildman–Crippen LogP) is 3.59. The van der Waals surface area contributed by atoms with Crippen LogP contribution in [0.15, 0.2) is 42.5 Å². The van der Waals surface area contributed by atoms with E-state index < -0.39 is 0 Å². The van der Waals surface area contributed by atoms with Crippen molar-refractivity contribution < 1.29 is 19.0 Å². The summed E-state index contributed by atoms with van der Waals surface area (Å²) in [5, 5.41) is 10.3. The highest BCUT2D eigenvalue weighted by Gasteiger charge is 2.19. The molecule has 0 spiro atoms. The molecule has 7 nitrogen and oxygen atoms in total. The van der Waals surface area contributed by atoms with Crippen LogP contribution in [-0.4, -0.2) is 37.4 Å². The van der Waals surface area contributed by atoms with Crippen LogP contribution in [0.4, 0.5) is 5.69 Å². The average Bonchev–Trinajstić information content (AvgIpc) is 3.07. The smallest absolute Gasteiger partial charge is 0.228 e. The fourth-order valence-electron chi connectivity index (χ4n) is 2.92. The number of hydrogen-bond donors (Lipinski definition) is 2. The SMILES string of the molecule is COc1cccc(CC(=O)Nc2c(-c3ccc(OC)cc3OC)n[nH]c2C)c1. The Morgan fingerprint density at radius 3 is 2.50 bits per heavy atom. The average molecular weight is 381 g/mol. The molecule has 0 atom stereocenters. The number of amides is 1. The molecule has 0 saturated carbocycles. The highest BCUT2D eigenvalue weighted by Crippen LogP contribution is 2.37. The topological polar surface area (TPSA) is 85.5 Å². The van der Waals surface area contributed by atoms with Gasteiger partial charge < -0.3 is 19.5 Å². The van der Waals surface area contributed by atoms with Crippen LogP contribution in [0.2, 0.25) is 0 Å². The molecule has 1 heterocycles. The van der Waals surface area contributed by atoms with Gasteiger partial charge in [-0.1, -0.05) is 12.1 Å². The third-order valence-corrected chi connectivity index (χ3v) is 4.37. The molecule has 0 aliphatic heterocycles. The van der Waals surface area contributed by atoms with Crippen LogP contribution in [0, 0.1) is 6.92 Å². The Balaban J connectivity index is 1.86.